The molecule has 1 saturated heterocycles. The second-order valence-corrected chi connectivity index (χ2v) is 3.89. The Labute approximate surface area is 83.8 Å². The summed E-state index contributed by atoms with van der Waals surface area (Å²) < 4.78 is 0. The Balaban J connectivity index is 2.06. The van der Waals surface area contributed by atoms with E-state index in [1.54, 1.807) is 6.20 Å². The summed E-state index contributed by atoms with van der Waals surface area (Å²) in [6.45, 7) is 2.84. The van der Waals surface area contributed by atoms with E-state index in [1.165, 1.54) is 23.4 Å². The number of hydrogen-bond donors (Lipinski definition) is 1. The van der Waals surface area contributed by atoms with Crippen molar-refractivity contribution in [2.45, 2.75) is 25.7 Å². The normalized spacial score (nSPS) is 22.4. The van der Waals surface area contributed by atoms with Gasteiger partial charge in [0.15, 0.2) is 0 Å². The predicted molar refractivity (Wildman–Crippen MR) is 52.9 cm³/mol. The topological polar surface area (TPSA) is 43.8 Å². The van der Waals surface area contributed by atoms with Gasteiger partial charge in [-0.15, -0.1) is 0 Å². The first-order valence-electron chi connectivity index (χ1n) is 5.22. The van der Waals surface area contributed by atoms with Crippen molar-refractivity contribution in [3.8, 4) is 0 Å². The first-order chi connectivity index (χ1) is 6.77. The van der Waals surface area contributed by atoms with Crippen LogP contribution in [-0.4, -0.2) is 40.6 Å². The molecule has 4 nitrogen and oxygen atoms in total. The number of rotatable bonds is 1. The zero-order valence-corrected chi connectivity index (χ0v) is 8.28. The van der Waals surface area contributed by atoms with Crippen LogP contribution in [0.1, 0.15) is 25.7 Å². The van der Waals surface area contributed by atoms with E-state index in [2.05, 4.69) is 4.90 Å². The summed E-state index contributed by atoms with van der Waals surface area (Å²) in [7, 11) is 0. The van der Waals surface area contributed by atoms with E-state index in [4.69, 9.17) is 5.11 Å². The van der Waals surface area contributed by atoms with Gasteiger partial charge in [-0.3, -0.25) is 4.90 Å². The molecule has 0 bridgehead atoms. The third-order valence-corrected chi connectivity index (χ3v) is 2.89. The molecule has 0 aliphatic carbocycles. The molecular formula is C10H16N2O2. The monoisotopic (exact) mass is 196 g/mol. The van der Waals surface area contributed by atoms with E-state index in [1.807, 2.05) is 0 Å². The van der Waals surface area contributed by atoms with Gasteiger partial charge in [-0.05, 0) is 25.7 Å². The fourth-order valence-electron chi connectivity index (χ4n) is 2.13. The number of allylic oxidation sites excluding steroid dienone is 1. The van der Waals surface area contributed by atoms with Gasteiger partial charge in [0.1, 0.15) is 0 Å². The molecule has 4 heteroatoms. The van der Waals surface area contributed by atoms with Crippen LogP contribution in [0.2, 0.25) is 0 Å². The quantitative estimate of drug-likeness (QED) is 0.694. The average molecular weight is 196 g/mol. The zero-order chi connectivity index (χ0) is 9.97. The van der Waals surface area contributed by atoms with Gasteiger partial charge in [0.2, 0.25) is 0 Å². The molecule has 0 saturated carbocycles. The van der Waals surface area contributed by atoms with Crippen molar-refractivity contribution >= 4 is 6.09 Å². The Kier molecular flexibility index (Phi) is 2.61. The summed E-state index contributed by atoms with van der Waals surface area (Å²) in [4.78, 5) is 14.5. The highest BCUT2D eigenvalue weighted by atomic mass is 16.4. The Morgan fingerprint density at radius 1 is 1.21 bits per heavy atom. The van der Waals surface area contributed by atoms with E-state index in [9.17, 15) is 4.79 Å². The van der Waals surface area contributed by atoms with E-state index in [-0.39, 0.29) is 0 Å². The van der Waals surface area contributed by atoms with Crippen LogP contribution in [-0.2, 0) is 0 Å². The van der Waals surface area contributed by atoms with Crippen molar-refractivity contribution in [2.75, 3.05) is 19.6 Å². The van der Waals surface area contributed by atoms with Gasteiger partial charge in [-0.25, -0.2) is 4.79 Å². The molecule has 0 aromatic rings. The van der Waals surface area contributed by atoms with Gasteiger partial charge in [-0.1, -0.05) is 0 Å². The molecular weight excluding hydrogens is 180 g/mol. The van der Waals surface area contributed by atoms with E-state index >= 15 is 0 Å². The Bertz CT molecular complexity index is 257. The Morgan fingerprint density at radius 3 is 2.57 bits per heavy atom. The summed E-state index contributed by atoms with van der Waals surface area (Å²) in [5.74, 6) is 0. The Morgan fingerprint density at radius 2 is 1.93 bits per heavy atom. The zero-order valence-electron chi connectivity index (χ0n) is 8.28. The lowest BCUT2D eigenvalue weighted by Crippen LogP contribution is -2.32. The molecule has 78 valence electrons. The van der Waals surface area contributed by atoms with Crippen molar-refractivity contribution in [2.24, 2.45) is 0 Å². The van der Waals surface area contributed by atoms with Gasteiger partial charge >= 0.3 is 6.09 Å². The number of carboxylic acid groups (broad SMARTS) is 1. The van der Waals surface area contributed by atoms with Crippen LogP contribution in [0.5, 0.6) is 0 Å². The molecule has 0 aromatic heterocycles. The number of likely N-dealkylation sites (tertiary alicyclic amines) is 1. The smallest absolute Gasteiger partial charge is 0.411 e. The van der Waals surface area contributed by atoms with Gasteiger partial charge in [0, 0.05) is 31.5 Å². The summed E-state index contributed by atoms with van der Waals surface area (Å²) in [6.07, 6.45) is 5.44. The number of amides is 1. The summed E-state index contributed by atoms with van der Waals surface area (Å²) in [5.41, 5.74) is 1.20. The molecule has 2 rings (SSSR count). The standard InChI is InChI=1S/C10H16N2O2/c13-10(14)12-7-3-4-9(8-12)11-5-1-2-6-11/h8H,1-7H2,(H,13,14). The minimum atomic E-state index is -0.832. The molecule has 0 radical (unpaired) electrons. The van der Waals surface area contributed by atoms with Crippen LogP contribution in [0, 0.1) is 0 Å². The minimum Gasteiger partial charge on any atom is -0.465 e. The second-order valence-electron chi connectivity index (χ2n) is 3.89. The fourth-order valence-corrected chi connectivity index (χ4v) is 2.13. The minimum absolute atomic E-state index is 0.646. The maximum atomic E-state index is 10.8. The predicted octanol–water partition coefficient (Wildman–Crippen LogP) is 1.70. The van der Waals surface area contributed by atoms with Crippen LogP contribution < -0.4 is 0 Å². The molecule has 1 N–H and O–H groups in total. The summed E-state index contributed by atoms with van der Waals surface area (Å²) >= 11 is 0. The largest absolute Gasteiger partial charge is 0.465 e. The van der Waals surface area contributed by atoms with E-state index in [0.29, 0.717) is 6.54 Å². The van der Waals surface area contributed by atoms with Crippen molar-refractivity contribution in [3.63, 3.8) is 0 Å². The Hall–Kier alpha value is -1.19. The highest BCUT2D eigenvalue weighted by Gasteiger charge is 2.21. The molecule has 2 aliphatic heterocycles. The highest BCUT2D eigenvalue weighted by Crippen LogP contribution is 2.22. The summed E-state index contributed by atoms with van der Waals surface area (Å²) in [5, 5.41) is 8.86. The molecule has 0 aromatic carbocycles. The molecule has 2 heterocycles. The lowest BCUT2D eigenvalue weighted by molar-refractivity contribution is 0.158. The molecule has 14 heavy (non-hydrogen) atoms. The van der Waals surface area contributed by atoms with Crippen LogP contribution in [0.15, 0.2) is 11.9 Å². The first-order valence-corrected chi connectivity index (χ1v) is 5.22. The number of carbonyl (C=O) groups is 1. The molecule has 0 unspecified atom stereocenters. The maximum Gasteiger partial charge on any atom is 0.411 e. The van der Waals surface area contributed by atoms with Crippen LogP contribution >= 0.6 is 0 Å². The number of nitrogens with zero attached hydrogens (tertiary/aromatic N) is 2. The molecule has 1 fully saturated rings. The lowest BCUT2D eigenvalue weighted by atomic mass is 10.1. The van der Waals surface area contributed by atoms with Crippen LogP contribution in [0.25, 0.3) is 0 Å². The van der Waals surface area contributed by atoms with Crippen molar-refractivity contribution in [3.05, 3.63) is 11.9 Å². The van der Waals surface area contributed by atoms with Crippen molar-refractivity contribution < 1.29 is 9.90 Å². The fraction of sp³-hybridized carbons (Fsp3) is 0.700. The third-order valence-electron chi connectivity index (χ3n) is 2.89. The first kappa shape index (κ1) is 9.37. The van der Waals surface area contributed by atoms with Crippen LogP contribution in [0.3, 0.4) is 0 Å². The molecule has 2 aliphatic rings. The van der Waals surface area contributed by atoms with Gasteiger partial charge in [0.25, 0.3) is 0 Å². The van der Waals surface area contributed by atoms with Gasteiger partial charge in [-0.2, -0.15) is 0 Å². The number of hydrogen-bond acceptors (Lipinski definition) is 2. The molecule has 1 amide bonds. The van der Waals surface area contributed by atoms with E-state index in [0.717, 1.165) is 25.9 Å². The average Bonchev–Trinajstić information content (AvgIpc) is 2.71. The van der Waals surface area contributed by atoms with Gasteiger partial charge in [0.05, 0.1) is 0 Å². The van der Waals surface area contributed by atoms with Crippen molar-refractivity contribution in [1.82, 2.24) is 9.80 Å². The molecule has 0 spiro atoms. The summed E-state index contributed by atoms with van der Waals surface area (Å²) in [6, 6.07) is 0. The third kappa shape index (κ3) is 1.84. The lowest BCUT2D eigenvalue weighted by Gasteiger charge is -2.28. The SMILES string of the molecule is O=C(O)N1C=C(N2CCCC2)CCC1. The maximum absolute atomic E-state index is 10.8. The second kappa shape index (κ2) is 3.90. The van der Waals surface area contributed by atoms with Gasteiger partial charge < -0.3 is 10.0 Å². The molecule has 0 atom stereocenters. The highest BCUT2D eigenvalue weighted by molar-refractivity contribution is 5.66. The van der Waals surface area contributed by atoms with E-state index < -0.39 is 6.09 Å². The van der Waals surface area contributed by atoms with Crippen molar-refractivity contribution in [1.29, 1.82) is 0 Å². The van der Waals surface area contributed by atoms with Crippen LogP contribution in [0.4, 0.5) is 4.79 Å².